The number of β-amino-alcohol motifs (C(OH)–C–C–N with tert-alkyl or cyclic N) is 1. The van der Waals surface area contributed by atoms with Gasteiger partial charge in [0.2, 0.25) is 0 Å². The molecule has 2 N–H and O–H groups in total. The molecule has 3 rings (SSSR count). The van der Waals surface area contributed by atoms with E-state index in [1.807, 2.05) is 0 Å². The Kier molecular flexibility index (Phi) is 4.10. The number of amides is 3. The first kappa shape index (κ1) is 15.9. The molecule has 1 aliphatic carbocycles. The van der Waals surface area contributed by atoms with Crippen LogP contribution in [0, 0.1) is 11.7 Å². The molecule has 1 saturated heterocycles. The van der Waals surface area contributed by atoms with Crippen LogP contribution in [0.4, 0.5) is 9.18 Å². The Bertz CT molecular complexity index is 626. The minimum absolute atomic E-state index is 0.0892. The van der Waals surface area contributed by atoms with Crippen LogP contribution >= 0.6 is 0 Å². The van der Waals surface area contributed by atoms with Gasteiger partial charge in [-0.05, 0) is 37.7 Å². The molecule has 0 bridgehead atoms. The smallest absolute Gasteiger partial charge is 0.325 e. The predicted octanol–water partition coefficient (Wildman–Crippen LogP) is 2.36. The lowest BCUT2D eigenvalue weighted by Gasteiger charge is -2.33. The number of hydrogen-bond donors (Lipinski definition) is 2. The van der Waals surface area contributed by atoms with Gasteiger partial charge in [-0.3, -0.25) is 9.69 Å². The Labute approximate surface area is 134 Å². The summed E-state index contributed by atoms with van der Waals surface area (Å²) >= 11 is 0. The third kappa shape index (κ3) is 2.83. The summed E-state index contributed by atoms with van der Waals surface area (Å²) in [4.78, 5) is 25.9. The molecule has 1 aromatic carbocycles. The van der Waals surface area contributed by atoms with Crippen molar-refractivity contribution in [3.63, 3.8) is 0 Å². The van der Waals surface area contributed by atoms with Crippen LogP contribution in [0.2, 0.25) is 0 Å². The SMILES string of the molecule is CC1CCC2(CC1)NC(=O)N(C[C@H](O)c1ccccc1F)C2=O. The Morgan fingerprint density at radius 1 is 1.35 bits per heavy atom. The van der Waals surface area contributed by atoms with Gasteiger partial charge in [-0.25, -0.2) is 9.18 Å². The standard InChI is InChI=1S/C17H21FN2O3/c1-11-6-8-17(9-7-11)15(22)20(16(23)19-17)10-14(21)12-4-2-3-5-13(12)18/h2-5,11,14,21H,6-10H2,1H3,(H,19,23)/t11?,14-,17?/m0/s1. The summed E-state index contributed by atoms with van der Waals surface area (Å²) in [7, 11) is 0. The van der Waals surface area contributed by atoms with Crippen molar-refractivity contribution in [2.75, 3.05) is 6.54 Å². The highest BCUT2D eigenvalue weighted by atomic mass is 19.1. The first-order valence-electron chi connectivity index (χ1n) is 7.99. The normalized spacial score (nSPS) is 29.0. The van der Waals surface area contributed by atoms with Crippen molar-refractivity contribution in [2.24, 2.45) is 5.92 Å². The van der Waals surface area contributed by atoms with Gasteiger partial charge in [-0.2, -0.15) is 0 Å². The van der Waals surface area contributed by atoms with Gasteiger partial charge in [0, 0.05) is 5.56 Å². The van der Waals surface area contributed by atoms with E-state index in [0.29, 0.717) is 18.8 Å². The van der Waals surface area contributed by atoms with E-state index in [2.05, 4.69) is 12.2 Å². The lowest BCUT2D eigenvalue weighted by Crippen LogP contribution is -2.49. The number of carbonyl (C=O) groups excluding carboxylic acids is 2. The van der Waals surface area contributed by atoms with Gasteiger partial charge < -0.3 is 10.4 Å². The van der Waals surface area contributed by atoms with E-state index < -0.39 is 23.5 Å². The maximum absolute atomic E-state index is 13.7. The van der Waals surface area contributed by atoms with Crippen LogP contribution < -0.4 is 5.32 Å². The molecule has 6 heteroatoms. The highest BCUT2D eigenvalue weighted by molar-refractivity contribution is 6.07. The number of aliphatic hydroxyl groups is 1. The number of nitrogens with one attached hydrogen (secondary N) is 1. The van der Waals surface area contributed by atoms with Gasteiger partial charge in [0.1, 0.15) is 11.4 Å². The Morgan fingerprint density at radius 3 is 2.65 bits per heavy atom. The van der Waals surface area contributed by atoms with Crippen LogP contribution in [-0.2, 0) is 4.79 Å². The minimum Gasteiger partial charge on any atom is -0.386 e. The average molecular weight is 320 g/mol. The number of hydrogen-bond acceptors (Lipinski definition) is 3. The van der Waals surface area contributed by atoms with Crippen LogP contribution in [0.3, 0.4) is 0 Å². The maximum atomic E-state index is 13.7. The molecule has 1 spiro atoms. The summed E-state index contributed by atoms with van der Waals surface area (Å²) in [5.41, 5.74) is -0.746. The number of carbonyl (C=O) groups is 2. The molecule has 23 heavy (non-hydrogen) atoms. The second-order valence-electron chi connectivity index (χ2n) is 6.65. The zero-order valence-electron chi connectivity index (χ0n) is 13.1. The summed E-state index contributed by atoms with van der Waals surface area (Å²) in [6.45, 7) is 1.90. The van der Waals surface area contributed by atoms with E-state index in [-0.39, 0.29) is 18.0 Å². The zero-order valence-corrected chi connectivity index (χ0v) is 13.1. The highest BCUT2D eigenvalue weighted by Crippen LogP contribution is 2.36. The van der Waals surface area contributed by atoms with Gasteiger partial charge in [0.15, 0.2) is 0 Å². The lowest BCUT2D eigenvalue weighted by molar-refractivity contribution is -0.133. The number of halogens is 1. The Hall–Kier alpha value is -1.95. The molecule has 2 aliphatic rings. The van der Waals surface area contributed by atoms with E-state index in [1.54, 1.807) is 6.07 Å². The molecular weight excluding hydrogens is 299 g/mol. The molecule has 1 aromatic rings. The fourth-order valence-electron chi connectivity index (χ4n) is 3.45. The fourth-order valence-corrected chi connectivity index (χ4v) is 3.45. The molecule has 0 unspecified atom stereocenters. The van der Waals surface area contributed by atoms with E-state index in [1.165, 1.54) is 18.2 Å². The van der Waals surface area contributed by atoms with Crippen LogP contribution in [0.15, 0.2) is 24.3 Å². The number of imide groups is 1. The van der Waals surface area contributed by atoms with E-state index in [4.69, 9.17) is 0 Å². The van der Waals surface area contributed by atoms with Crippen molar-refractivity contribution in [1.82, 2.24) is 10.2 Å². The summed E-state index contributed by atoms with van der Waals surface area (Å²) in [5, 5.41) is 13.0. The van der Waals surface area contributed by atoms with Crippen molar-refractivity contribution in [3.05, 3.63) is 35.6 Å². The Morgan fingerprint density at radius 2 is 2.00 bits per heavy atom. The van der Waals surface area contributed by atoms with E-state index >= 15 is 0 Å². The van der Waals surface area contributed by atoms with Crippen molar-refractivity contribution in [2.45, 2.75) is 44.2 Å². The summed E-state index contributed by atoms with van der Waals surface area (Å²) < 4.78 is 13.7. The van der Waals surface area contributed by atoms with Crippen LogP contribution in [0.5, 0.6) is 0 Å². The molecule has 0 radical (unpaired) electrons. The predicted molar refractivity (Wildman–Crippen MR) is 82.0 cm³/mol. The molecule has 1 saturated carbocycles. The van der Waals surface area contributed by atoms with Crippen LogP contribution in [0.25, 0.3) is 0 Å². The first-order valence-corrected chi connectivity index (χ1v) is 7.99. The highest BCUT2D eigenvalue weighted by Gasteiger charge is 2.52. The lowest BCUT2D eigenvalue weighted by atomic mass is 9.77. The third-order valence-corrected chi connectivity index (χ3v) is 4.99. The van der Waals surface area contributed by atoms with Gasteiger partial charge >= 0.3 is 6.03 Å². The monoisotopic (exact) mass is 320 g/mol. The van der Waals surface area contributed by atoms with E-state index in [9.17, 15) is 19.1 Å². The van der Waals surface area contributed by atoms with Crippen LogP contribution in [0.1, 0.15) is 44.3 Å². The molecule has 2 fully saturated rings. The fraction of sp³-hybridized carbons (Fsp3) is 0.529. The maximum Gasteiger partial charge on any atom is 0.325 e. The topological polar surface area (TPSA) is 69.6 Å². The molecule has 124 valence electrons. The van der Waals surface area contributed by atoms with Crippen molar-refractivity contribution in [3.8, 4) is 0 Å². The van der Waals surface area contributed by atoms with E-state index in [0.717, 1.165) is 17.7 Å². The van der Waals surface area contributed by atoms with Crippen molar-refractivity contribution in [1.29, 1.82) is 0 Å². The third-order valence-electron chi connectivity index (χ3n) is 4.99. The number of aliphatic hydroxyl groups excluding tert-OH is 1. The quantitative estimate of drug-likeness (QED) is 0.840. The number of rotatable bonds is 3. The van der Waals surface area contributed by atoms with Crippen molar-refractivity contribution < 1.29 is 19.1 Å². The number of nitrogens with zero attached hydrogens (tertiary/aromatic N) is 1. The van der Waals surface area contributed by atoms with Gasteiger partial charge in [-0.15, -0.1) is 0 Å². The molecule has 3 amide bonds. The van der Waals surface area contributed by atoms with Crippen molar-refractivity contribution >= 4 is 11.9 Å². The van der Waals surface area contributed by atoms with Gasteiger partial charge in [-0.1, -0.05) is 25.1 Å². The summed E-state index contributed by atoms with van der Waals surface area (Å²) in [6.07, 6.45) is 1.77. The zero-order chi connectivity index (χ0) is 16.6. The molecular formula is C17H21FN2O3. The van der Waals surface area contributed by atoms with Gasteiger partial charge in [0.25, 0.3) is 5.91 Å². The first-order chi connectivity index (χ1) is 10.9. The largest absolute Gasteiger partial charge is 0.386 e. The molecule has 5 nitrogen and oxygen atoms in total. The second-order valence-corrected chi connectivity index (χ2v) is 6.65. The molecule has 1 atom stereocenters. The summed E-state index contributed by atoms with van der Waals surface area (Å²) in [5.74, 6) is -0.304. The second kappa shape index (κ2) is 5.92. The number of urea groups is 1. The van der Waals surface area contributed by atoms with Gasteiger partial charge in [0.05, 0.1) is 12.6 Å². The molecule has 0 aromatic heterocycles. The Balaban J connectivity index is 1.75. The number of benzene rings is 1. The minimum atomic E-state index is -1.23. The summed E-state index contributed by atoms with van der Waals surface area (Å²) in [6, 6.07) is 5.33. The average Bonchev–Trinajstić information content (AvgIpc) is 2.75. The molecule has 1 heterocycles. The van der Waals surface area contributed by atoms with Crippen LogP contribution in [-0.4, -0.2) is 34.0 Å². The molecule has 1 aliphatic heterocycles.